The maximum Gasteiger partial charge on any atom is 0.573 e. The molecule has 0 saturated carbocycles. The Hall–Kier alpha value is -1.60. The van der Waals surface area contributed by atoms with Gasteiger partial charge in [0, 0.05) is 11.1 Å². The van der Waals surface area contributed by atoms with Gasteiger partial charge in [0.15, 0.2) is 0 Å². The molecule has 3 nitrogen and oxygen atoms in total. The molecule has 1 atom stereocenters. The van der Waals surface area contributed by atoms with Crippen molar-refractivity contribution in [1.29, 1.82) is 0 Å². The molecular weight excluding hydrogens is 277 g/mol. The molecule has 0 amide bonds. The summed E-state index contributed by atoms with van der Waals surface area (Å²) in [4.78, 5) is 4.87. The van der Waals surface area contributed by atoms with Crippen molar-refractivity contribution in [3.63, 3.8) is 0 Å². The van der Waals surface area contributed by atoms with Gasteiger partial charge < -0.3 is 10.5 Å². The molecule has 2 aromatic rings. The third kappa shape index (κ3) is 3.68. The lowest BCUT2D eigenvalue weighted by Gasteiger charge is -2.13. The van der Waals surface area contributed by atoms with Crippen LogP contribution in [-0.2, 0) is 0 Å². The molecule has 7 heteroatoms. The summed E-state index contributed by atoms with van der Waals surface area (Å²) in [6.45, 7) is 1.84. The van der Waals surface area contributed by atoms with Gasteiger partial charge in [0.05, 0.1) is 11.0 Å². The van der Waals surface area contributed by atoms with Crippen LogP contribution in [-0.4, -0.2) is 11.3 Å². The molecule has 0 radical (unpaired) electrons. The van der Waals surface area contributed by atoms with Crippen LogP contribution in [0.1, 0.15) is 21.5 Å². The van der Waals surface area contributed by atoms with E-state index in [0.29, 0.717) is 5.56 Å². The van der Waals surface area contributed by atoms with E-state index in [2.05, 4.69) is 9.72 Å². The number of aromatic nitrogens is 1. The van der Waals surface area contributed by atoms with Crippen molar-refractivity contribution >= 4 is 11.3 Å². The monoisotopic (exact) mass is 288 g/mol. The summed E-state index contributed by atoms with van der Waals surface area (Å²) >= 11 is 1.41. The van der Waals surface area contributed by atoms with Crippen LogP contribution in [0, 0.1) is 6.92 Å². The van der Waals surface area contributed by atoms with Gasteiger partial charge in [0.1, 0.15) is 5.75 Å². The molecule has 0 fully saturated rings. The van der Waals surface area contributed by atoms with Gasteiger partial charge in [0.2, 0.25) is 0 Å². The minimum atomic E-state index is -4.70. The molecule has 2 rings (SSSR count). The highest BCUT2D eigenvalue weighted by atomic mass is 32.1. The minimum absolute atomic E-state index is 0.276. The first-order chi connectivity index (χ1) is 8.85. The van der Waals surface area contributed by atoms with Crippen LogP contribution in [0.2, 0.25) is 0 Å². The van der Waals surface area contributed by atoms with Crippen molar-refractivity contribution in [2.45, 2.75) is 19.3 Å². The van der Waals surface area contributed by atoms with Crippen molar-refractivity contribution in [3.8, 4) is 5.75 Å². The normalized spacial score (nSPS) is 13.3. The van der Waals surface area contributed by atoms with Gasteiger partial charge in [-0.3, -0.25) is 0 Å². The van der Waals surface area contributed by atoms with E-state index in [4.69, 9.17) is 5.73 Å². The first-order valence-electron chi connectivity index (χ1n) is 5.39. The summed E-state index contributed by atoms with van der Waals surface area (Å²) in [5, 5.41) is 0.855. The predicted molar refractivity (Wildman–Crippen MR) is 66.0 cm³/mol. The lowest BCUT2D eigenvalue weighted by atomic mass is 10.1. The molecule has 19 heavy (non-hydrogen) atoms. The number of alkyl halides is 3. The van der Waals surface area contributed by atoms with Gasteiger partial charge in [0.25, 0.3) is 0 Å². The fourth-order valence-electron chi connectivity index (χ4n) is 1.59. The Morgan fingerprint density at radius 3 is 2.68 bits per heavy atom. The van der Waals surface area contributed by atoms with Crippen LogP contribution < -0.4 is 10.5 Å². The summed E-state index contributed by atoms with van der Waals surface area (Å²) in [5.41, 5.74) is 6.54. The molecule has 102 valence electrons. The third-order valence-corrected chi connectivity index (χ3v) is 3.39. The molecule has 1 aromatic carbocycles. The van der Waals surface area contributed by atoms with Crippen LogP contribution in [0.4, 0.5) is 13.2 Å². The summed E-state index contributed by atoms with van der Waals surface area (Å²) < 4.78 is 40.3. The molecular formula is C12H11F3N2OS. The molecule has 0 aliphatic rings. The number of rotatable bonds is 3. The fraction of sp³-hybridized carbons (Fsp3) is 0.250. The second-order valence-electron chi connectivity index (χ2n) is 3.88. The van der Waals surface area contributed by atoms with E-state index in [9.17, 15) is 13.2 Å². The summed E-state index contributed by atoms with van der Waals surface area (Å²) in [7, 11) is 0. The Labute approximate surface area is 111 Å². The minimum Gasteiger partial charge on any atom is -0.406 e. The zero-order valence-electron chi connectivity index (χ0n) is 9.94. The van der Waals surface area contributed by atoms with E-state index >= 15 is 0 Å². The average Bonchev–Trinajstić information content (AvgIpc) is 2.73. The van der Waals surface area contributed by atoms with Gasteiger partial charge >= 0.3 is 6.36 Å². The van der Waals surface area contributed by atoms with Gasteiger partial charge in [-0.25, -0.2) is 4.98 Å². The first-order valence-corrected chi connectivity index (χ1v) is 6.20. The summed E-state index contributed by atoms with van der Waals surface area (Å²) in [5.74, 6) is -0.276. The van der Waals surface area contributed by atoms with Crippen molar-refractivity contribution in [2.75, 3.05) is 0 Å². The molecule has 0 bridgehead atoms. The molecule has 0 spiro atoms. The van der Waals surface area contributed by atoms with Gasteiger partial charge in [-0.15, -0.1) is 24.5 Å². The third-order valence-electron chi connectivity index (χ3n) is 2.40. The Morgan fingerprint density at radius 2 is 2.11 bits per heavy atom. The summed E-state index contributed by atoms with van der Waals surface area (Å²) in [6.07, 6.45) is -3.08. The fourth-order valence-corrected chi connectivity index (χ4v) is 2.41. The molecule has 1 aromatic heterocycles. The van der Waals surface area contributed by atoms with E-state index in [-0.39, 0.29) is 5.75 Å². The van der Waals surface area contributed by atoms with E-state index in [1.165, 1.54) is 29.5 Å². The Morgan fingerprint density at radius 1 is 1.37 bits per heavy atom. The molecule has 1 heterocycles. The number of aryl methyl sites for hydroxylation is 1. The molecule has 0 saturated heterocycles. The van der Waals surface area contributed by atoms with Gasteiger partial charge in [-0.05, 0) is 24.6 Å². The number of halogens is 3. The number of hydrogen-bond acceptors (Lipinski definition) is 4. The van der Waals surface area contributed by atoms with Crippen LogP contribution in [0.5, 0.6) is 5.75 Å². The molecule has 0 aliphatic heterocycles. The van der Waals surface area contributed by atoms with Crippen LogP contribution in [0.3, 0.4) is 0 Å². The van der Waals surface area contributed by atoms with Gasteiger partial charge in [-0.1, -0.05) is 12.1 Å². The van der Waals surface area contributed by atoms with E-state index in [0.717, 1.165) is 9.88 Å². The molecule has 1 unspecified atom stereocenters. The van der Waals surface area contributed by atoms with Crippen molar-refractivity contribution < 1.29 is 17.9 Å². The van der Waals surface area contributed by atoms with Crippen LogP contribution in [0.15, 0.2) is 30.5 Å². The maximum absolute atomic E-state index is 12.1. The SMILES string of the molecule is Cc1ncc(C(N)c2cccc(OC(F)(F)F)c2)s1. The average molecular weight is 288 g/mol. The number of nitrogens with two attached hydrogens (primary N) is 1. The number of thiazole rings is 1. The van der Waals surface area contributed by atoms with Crippen molar-refractivity contribution in [2.24, 2.45) is 5.73 Å². The van der Waals surface area contributed by atoms with E-state index < -0.39 is 12.4 Å². The van der Waals surface area contributed by atoms with Crippen LogP contribution >= 0.6 is 11.3 Å². The van der Waals surface area contributed by atoms with Crippen molar-refractivity contribution in [1.82, 2.24) is 4.98 Å². The molecule has 2 N–H and O–H groups in total. The second-order valence-corrected chi connectivity index (χ2v) is 5.15. The maximum atomic E-state index is 12.1. The molecule has 0 aliphatic carbocycles. The van der Waals surface area contributed by atoms with Crippen molar-refractivity contribution in [3.05, 3.63) is 45.9 Å². The Kier molecular flexibility index (Phi) is 3.77. The number of nitrogens with zero attached hydrogens (tertiary/aromatic N) is 1. The van der Waals surface area contributed by atoms with E-state index in [1.54, 1.807) is 12.3 Å². The Bertz CT molecular complexity index is 568. The predicted octanol–water partition coefficient (Wildman–Crippen LogP) is 3.40. The standard InChI is InChI=1S/C12H11F3N2OS/c1-7-17-6-10(19-7)11(16)8-3-2-4-9(5-8)18-12(13,14)15/h2-6,11H,16H2,1H3. The highest BCUT2D eigenvalue weighted by molar-refractivity contribution is 7.11. The first kappa shape index (κ1) is 13.8. The summed E-state index contributed by atoms with van der Waals surface area (Å²) in [6, 6.07) is 5.14. The van der Waals surface area contributed by atoms with Crippen LogP contribution in [0.25, 0.3) is 0 Å². The second kappa shape index (κ2) is 5.18. The van der Waals surface area contributed by atoms with E-state index in [1.807, 2.05) is 6.92 Å². The largest absolute Gasteiger partial charge is 0.573 e. The topological polar surface area (TPSA) is 48.1 Å². The lowest BCUT2D eigenvalue weighted by molar-refractivity contribution is -0.274. The number of ether oxygens (including phenoxy) is 1. The van der Waals surface area contributed by atoms with Gasteiger partial charge in [-0.2, -0.15) is 0 Å². The Balaban J connectivity index is 2.23. The smallest absolute Gasteiger partial charge is 0.406 e. The lowest BCUT2D eigenvalue weighted by Crippen LogP contribution is -2.17. The number of hydrogen-bond donors (Lipinski definition) is 1. The highest BCUT2D eigenvalue weighted by Crippen LogP contribution is 2.29. The highest BCUT2D eigenvalue weighted by Gasteiger charge is 2.31. The quantitative estimate of drug-likeness (QED) is 0.941. The number of benzene rings is 1. The zero-order chi connectivity index (χ0) is 14.0. The zero-order valence-corrected chi connectivity index (χ0v) is 10.8.